The average molecular weight is 340 g/mol. The Balaban J connectivity index is 1.96. The second-order valence-corrected chi connectivity index (χ2v) is 5.97. The van der Waals surface area contributed by atoms with Crippen LogP contribution in [0.25, 0.3) is 0 Å². The lowest BCUT2D eigenvalue weighted by molar-refractivity contribution is -0.127. The van der Waals surface area contributed by atoms with E-state index < -0.39 is 0 Å². The zero-order chi connectivity index (χ0) is 14.7. The molecule has 5 nitrogen and oxygen atoms in total. The minimum atomic E-state index is -0.219. The van der Waals surface area contributed by atoms with Gasteiger partial charge in [-0.2, -0.15) is 0 Å². The summed E-state index contributed by atoms with van der Waals surface area (Å²) in [7, 11) is 0. The van der Waals surface area contributed by atoms with Gasteiger partial charge in [-0.15, -0.1) is 0 Å². The highest BCUT2D eigenvalue weighted by molar-refractivity contribution is 9.10. The number of carbonyl (C=O) groups is 2. The number of hydrogen-bond donors (Lipinski definition) is 2. The molecule has 1 heterocycles. The highest BCUT2D eigenvalue weighted by Gasteiger charge is 2.22. The molecule has 0 aliphatic carbocycles. The predicted molar refractivity (Wildman–Crippen MR) is 81.3 cm³/mol. The lowest BCUT2D eigenvalue weighted by Gasteiger charge is -2.22. The van der Waals surface area contributed by atoms with Crippen molar-refractivity contribution in [1.29, 1.82) is 0 Å². The predicted octanol–water partition coefficient (Wildman–Crippen LogP) is 1.77. The molecule has 1 aromatic rings. The molecule has 0 radical (unpaired) electrons. The van der Waals surface area contributed by atoms with Gasteiger partial charge < -0.3 is 16.0 Å². The monoisotopic (exact) mass is 339 g/mol. The molecule has 108 valence electrons. The van der Waals surface area contributed by atoms with Crippen LogP contribution in [-0.2, 0) is 4.79 Å². The van der Waals surface area contributed by atoms with E-state index in [2.05, 4.69) is 21.2 Å². The van der Waals surface area contributed by atoms with Crippen LogP contribution in [0.2, 0.25) is 0 Å². The van der Waals surface area contributed by atoms with Gasteiger partial charge in [0.25, 0.3) is 5.91 Å². The van der Waals surface area contributed by atoms with Gasteiger partial charge in [0.1, 0.15) is 0 Å². The Morgan fingerprint density at radius 1 is 1.55 bits per heavy atom. The van der Waals surface area contributed by atoms with Crippen LogP contribution in [0.15, 0.2) is 22.7 Å². The molecule has 1 fully saturated rings. The molecule has 1 unspecified atom stereocenters. The van der Waals surface area contributed by atoms with Gasteiger partial charge in [0.05, 0.1) is 5.56 Å². The van der Waals surface area contributed by atoms with Crippen LogP contribution < -0.4 is 11.1 Å². The summed E-state index contributed by atoms with van der Waals surface area (Å²) in [5.74, 6) is -0.0592. The summed E-state index contributed by atoms with van der Waals surface area (Å²) in [6, 6.07) is 5.06. The van der Waals surface area contributed by atoms with Gasteiger partial charge in [0, 0.05) is 35.7 Å². The van der Waals surface area contributed by atoms with Crippen LogP contribution in [0.1, 0.15) is 30.1 Å². The second-order valence-electron chi connectivity index (χ2n) is 5.05. The van der Waals surface area contributed by atoms with Crippen molar-refractivity contribution >= 4 is 33.4 Å². The number of nitrogen functional groups attached to an aromatic ring is 1. The summed E-state index contributed by atoms with van der Waals surface area (Å²) in [5, 5.41) is 2.88. The number of hydrogen-bond acceptors (Lipinski definition) is 3. The van der Waals surface area contributed by atoms with E-state index in [0.717, 1.165) is 17.4 Å². The van der Waals surface area contributed by atoms with Crippen molar-refractivity contribution in [2.45, 2.75) is 25.8 Å². The van der Waals surface area contributed by atoms with E-state index >= 15 is 0 Å². The van der Waals surface area contributed by atoms with Crippen molar-refractivity contribution in [2.24, 2.45) is 0 Å². The molecule has 1 atom stereocenters. The number of nitrogens with zero attached hydrogens (tertiary/aromatic N) is 1. The number of likely N-dealkylation sites (tertiary alicyclic amines) is 1. The van der Waals surface area contributed by atoms with E-state index in [1.54, 1.807) is 23.1 Å². The van der Waals surface area contributed by atoms with Gasteiger partial charge >= 0.3 is 0 Å². The van der Waals surface area contributed by atoms with Crippen molar-refractivity contribution in [3.8, 4) is 0 Å². The van der Waals surface area contributed by atoms with Crippen LogP contribution in [0.3, 0.4) is 0 Å². The molecule has 1 aliphatic heterocycles. The van der Waals surface area contributed by atoms with Gasteiger partial charge in [0.2, 0.25) is 5.91 Å². The number of nitrogens with two attached hydrogens (primary N) is 1. The fraction of sp³-hybridized carbons (Fsp3) is 0.429. The first-order valence-corrected chi connectivity index (χ1v) is 7.40. The summed E-state index contributed by atoms with van der Waals surface area (Å²) in [4.78, 5) is 25.5. The SMILES string of the molecule is CC(CN1CCCC1=O)NC(=O)c1cc(Br)ccc1N. The minimum Gasteiger partial charge on any atom is -0.398 e. The summed E-state index contributed by atoms with van der Waals surface area (Å²) in [5.41, 5.74) is 6.69. The molecular weight excluding hydrogens is 322 g/mol. The lowest BCUT2D eigenvalue weighted by Crippen LogP contribution is -2.42. The van der Waals surface area contributed by atoms with E-state index in [9.17, 15) is 9.59 Å². The summed E-state index contributed by atoms with van der Waals surface area (Å²) >= 11 is 3.32. The van der Waals surface area contributed by atoms with Crippen molar-refractivity contribution < 1.29 is 9.59 Å². The van der Waals surface area contributed by atoms with E-state index in [0.29, 0.717) is 24.2 Å². The molecule has 1 aromatic carbocycles. The Kier molecular flexibility index (Phi) is 4.65. The van der Waals surface area contributed by atoms with E-state index in [4.69, 9.17) is 5.73 Å². The third kappa shape index (κ3) is 3.50. The van der Waals surface area contributed by atoms with Crippen LogP contribution in [0.4, 0.5) is 5.69 Å². The molecule has 1 aliphatic rings. The van der Waals surface area contributed by atoms with Gasteiger partial charge in [0.15, 0.2) is 0 Å². The molecule has 0 bridgehead atoms. The van der Waals surface area contributed by atoms with Crippen LogP contribution in [0.5, 0.6) is 0 Å². The molecule has 20 heavy (non-hydrogen) atoms. The first kappa shape index (κ1) is 14.8. The first-order valence-electron chi connectivity index (χ1n) is 6.61. The quantitative estimate of drug-likeness (QED) is 0.821. The number of carbonyl (C=O) groups excluding carboxylic acids is 2. The molecular formula is C14H18BrN3O2. The number of nitrogens with one attached hydrogen (secondary N) is 1. The van der Waals surface area contributed by atoms with Crippen molar-refractivity contribution in [2.75, 3.05) is 18.8 Å². The van der Waals surface area contributed by atoms with E-state index in [-0.39, 0.29) is 17.9 Å². The number of amides is 2. The lowest BCUT2D eigenvalue weighted by atomic mass is 10.1. The summed E-state index contributed by atoms with van der Waals surface area (Å²) in [6.45, 7) is 3.20. The van der Waals surface area contributed by atoms with Gasteiger partial charge in [-0.3, -0.25) is 9.59 Å². The van der Waals surface area contributed by atoms with Crippen LogP contribution >= 0.6 is 15.9 Å². The number of rotatable bonds is 4. The number of halogens is 1. The van der Waals surface area contributed by atoms with Crippen molar-refractivity contribution in [1.82, 2.24) is 10.2 Å². The van der Waals surface area contributed by atoms with E-state index in [1.165, 1.54) is 0 Å². The second kappa shape index (κ2) is 6.26. The first-order chi connectivity index (χ1) is 9.47. The topological polar surface area (TPSA) is 75.4 Å². The van der Waals surface area contributed by atoms with Gasteiger partial charge in [-0.05, 0) is 31.5 Å². The largest absolute Gasteiger partial charge is 0.398 e. The zero-order valence-corrected chi connectivity index (χ0v) is 12.9. The van der Waals surface area contributed by atoms with Crippen molar-refractivity contribution in [3.05, 3.63) is 28.2 Å². The Morgan fingerprint density at radius 2 is 2.30 bits per heavy atom. The van der Waals surface area contributed by atoms with Crippen LogP contribution in [-0.4, -0.2) is 35.8 Å². The zero-order valence-electron chi connectivity index (χ0n) is 11.4. The molecule has 0 saturated carbocycles. The number of anilines is 1. The maximum Gasteiger partial charge on any atom is 0.253 e. The molecule has 6 heteroatoms. The summed E-state index contributed by atoms with van der Waals surface area (Å²) < 4.78 is 0.805. The van der Waals surface area contributed by atoms with Gasteiger partial charge in [-0.1, -0.05) is 15.9 Å². The fourth-order valence-electron chi connectivity index (χ4n) is 2.30. The Morgan fingerprint density at radius 3 is 2.95 bits per heavy atom. The fourth-order valence-corrected chi connectivity index (χ4v) is 2.66. The normalized spacial score (nSPS) is 16.3. The minimum absolute atomic E-state index is 0.108. The average Bonchev–Trinajstić information content (AvgIpc) is 2.77. The molecule has 1 saturated heterocycles. The molecule has 0 aromatic heterocycles. The van der Waals surface area contributed by atoms with Gasteiger partial charge in [-0.25, -0.2) is 0 Å². The Bertz CT molecular complexity index is 533. The Labute approximate surface area is 126 Å². The standard InChI is InChI=1S/C14H18BrN3O2/c1-9(8-18-6-2-3-13(18)19)17-14(20)11-7-10(15)4-5-12(11)16/h4-5,7,9H,2-3,6,8,16H2,1H3,(H,17,20). The molecule has 2 rings (SSSR count). The Hall–Kier alpha value is -1.56. The maximum absolute atomic E-state index is 12.2. The van der Waals surface area contributed by atoms with E-state index in [1.807, 2.05) is 6.92 Å². The van der Waals surface area contributed by atoms with Crippen molar-refractivity contribution in [3.63, 3.8) is 0 Å². The highest BCUT2D eigenvalue weighted by Crippen LogP contribution is 2.18. The molecule has 2 amide bonds. The third-order valence-corrected chi connectivity index (χ3v) is 3.80. The van der Waals surface area contributed by atoms with Crippen LogP contribution in [0, 0.1) is 0 Å². The maximum atomic E-state index is 12.2. The smallest absolute Gasteiger partial charge is 0.253 e. The number of benzene rings is 1. The molecule has 3 N–H and O–H groups in total. The highest BCUT2D eigenvalue weighted by atomic mass is 79.9. The summed E-state index contributed by atoms with van der Waals surface area (Å²) in [6.07, 6.45) is 1.51. The molecule has 0 spiro atoms. The third-order valence-electron chi connectivity index (χ3n) is 3.30.